The van der Waals surface area contributed by atoms with Crippen LogP contribution in [0.1, 0.15) is 37.4 Å². The van der Waals surface area contributed by atoms with Gasteiger partial charge in [0.25, 0.3) is 11.7 Å². The van der Waals surface area contributed by atoms with Crippen LogP contribution in [0.4, 0.5) is 0 Å². The number of carbonyl (C=O) groups excluding carboxylic acids is 2. The van der Waals surface area contributed by atoms with Gasteiger partial charge in [-0.25, -0.2) is 0 Å². The molecular weight excluding hydrogens is 480 g/mol. The Morgan fingerprint density at radius 2 is 1.83 bits per heavy atom. The SMILES string of the molecule is CC(C)CCOc1cccc(C2/C(=C(\O)c3ccc(Cl)cc3)C(=O)C(=O)N2CCN2CCOCC2)c1. The Balaban J connectivity index is 1.69. The van der Waals surface area contributed by atoms with Crippen molar-refractivity contribution in [2.75, 3.05) is 46.0 Å². The Hall–Kier alpha value is -2.87. The molecule has 2 saturated heterocycles. The summed E-state index contributed by atoms with van der Waals surface area (Å²) >= 11 is 6.01. The molecule has 0 spiro atoms. The van der Waals surface area contributed by atoms with E-state index in [1.807, 2.05) is 24.3 Å². The van der Waals surface area contributed by atoms with Gasteiger partial charge in [0.1, 0.15) is 11.5 Å². The molecule has 2 aliphatic rings. The number of ether oxygens (including phenoxy) is 2. The van der Waals surface area contributed by atoms with Crippen molar-refractivity contribution in [3.63, 3.8) is 0 Å². The van der Waals surface area contributed by atoms with Crippen molar-refractivity contribution in [1.82, 2.24) is 9.80 Å². The molecule has 36 heavy (non-hydrogen) atoms. The molecule has 0 radical (unpaired) electrons. The zero-order valence-electron chi connectivity index (χ0n) is 20.8. The molecule has 192 valence electrons. The van der Waals surface area contributed by atoms with Gasteiger partial charge in [-0.2, -0.15) is 0 Å². The Labute approximate surface area is 217 Å². The molecule has 2 aromatic carbocycles. The third kappa shape index (κ3) is 6.09. The minimum Gasteiger partial charge on any atom is -0.507 e. The summed E-state index contributed by atoms with van der Waals surface area (Å²) < 4.78 is 11.4. The van der Waals surface area contributed by atoms with Crippen LogP contribution in [0.3, 0.4) is 0 Å². The van der Waals surface area contributed by atoms with E-state index in [1.54, 1.807) is 29.2 Å². The number of aliphatic hydroxyl groups is 1. The monoisotopic (exact) mass is 512 g/mol. The zero-order chi connectivity index (χ0) is 25.7. The van der Waals surface area contributed by atoms with Gasteiger partial charge in [-0.15, -0.1) is 0 Å². The predicted octanol–water partition coefficient (Wildman–Crippen LogP) is 4.52. The number of halogens is 1. The first kappa shape index (κ1) is 26.2. The Bertz CT molecular complexity index is 1110. The molecule has 7 nitrogen and oxygen atoms in total. The molecule has 0 saturated carbocycles. The van der Waals surface area contributed by atoms with Gasteiger partial charge in [0.2, 0.25) is 0 Å². The van der Waals surface area contributed by atoms with E-state index < -0.39 is 17.7 Å². The minimum atomic E-state index is -0.727. The van der Waals surface area contributed by atoms with Crippen LogP contribution < -0.4 is 4.74 Å². The summed E-state index contributed by atoms with van der Waals surface area (Å²) in [6.07, 6.45) is 0.915. The van der Waals surface area contributed by atoms with Gasteiger partial charge in [-0.05, 0) is 54.3 Å². The molecule has 0 aliphatic carbocycles. The number of nitrogens with zero attached hydrogens (tertiary/aromatic N) is 2. The van der Waals surface area contributed by atoms with E-state index in [0.29, 0.717) is 60.7 Å². The molecule has 1 amide bonds. The molecule has 4 rings (SSSR count). The molecule has 1 unspecified atom stereocenters. The van der Waals surface area contributed by atoms with Crippen LogP contribution in [0.25, 0.3) is 5.76 Å². The maximum atomic E-state index is 13.3. The minimum absolute atomic E-state index is 0.0728. The highest BCUT2D eigenvalue weighted by atomic mass is 35.5. The molecule has 0 bridgehead atoms. The Morgan fingerprint density at radius 1 is 1.11 bits per heavy atom. The summed E-state index contributed by atoms with van der Waals surface area (Å²) in [5.41, 5.74) is 1.22. The van der Waals surface area contributed by atoms with Crippen LogP contribution in [-0.4, -0.2) is 72.6 Å². The van der Waals surface area contributed by atoms with Crippen molar-refractivity contribution < 1.29 is 24.2 Å². The van der Waals surface area contributed by atoms with Gasteiger partial charge in [-0.3, -0.25) is 14.5 Å². The molecule has 2 aromatic rings. The molecule has 1 atom stereocenters. The highest BCUT2D eigenvalue weighted by Crippen LogP contribution is 2.40. The highest BCUT2D eigenvalue weighted by Gasteiger charge is 2.46. The number of Topliss-reactive ketones (excluding diaryl/α,β-unsaturated/α-hetero) is 1. The number of hydrogen-bond donors (Lipinski definition) is 1. The maximum Gasteiger partial charge on any atom is 0.295 e. The molecule has 1 N–H and O–H groups in total. The number of rotatable bonds is 9. The lowest BCUT2D eigenvalue weighted by Crippen LogP contribution is -2.42. The smallest absolute Gasteiger partial charge is 0.295 e. The number of hydrogen-bond acceptors (Lipinski definition) is 6. The van der Waals surface area contributed by atoms with Crippen molar-refractivity contribution in [2.45, 2.75) is 26.3 Å². The predicted molar refractivity (Wildman–Crippen MR) is 139 cm³/mol. The summed E-state index contributed by atoms with van der Waals surface area (Å²) in [7, 11) is 0. The van der Waals surface area contributed by atoms with Gasteiger partial charge in [0.15, 0.2) is 0 Å². The lowest BCUT2D eigenvalue weighted by atomic mass is 9.95. The summed E-state index contributed by atoms with van der Waals surface area (Å²) in [5.74, 6) is -0.344. The normalized spacial score (nSPS) is 20.3. The number of benzene rings is 2. The van der Waals surface area contributed by atoms with Crippen molar-refractivity contribution in [2.24, 2.45) is 5.92 Å². The molecule has 2 aliphatic heterocycles. The third-order valence-electron chi connectivity index (χ3n) is 6.56. The van der Waals surface area contributed by atoms with Crippen LogP contribution >= 0.6 is 11.6 Å². The molecule has 0 aromatic heterocycles. The third-order valence-corrected chi connectivity index (χ3v) is 6.81. The highest BCUT2D eigenvalue weighted by molar-refractivity contribution is 6.46. The first-order valence-corrected chi connectivity index (χ1v) is 12.8. The average molecular weight is 513 g/mol. The fourth-order valence-electron chi connectivity index (χ4n) is 4.48. The van der Waals surface area contributed by atoms with Crippen LogP contribution in [0.5, 0.6) is 5.75 Å². The van der Waals surface area contributed by atoms with Crippen LogP contribution in [0, 0.1) is 5.92 Å². The fraction of sp³-hybridized carbons (Fsp3) is 0.429. The van der Waals surface area contributed by atoms with Crippen molar-refractivity contribution >= 4 is 29.1 Å². The molecule has 2 heterocycles. The number of likely N-dealkylation sites (tertiary alicyclic amines) is 1. The van der Waals surface area contributed by atoms with Crippen molar-refractivity contribution in [3.05, 3.63) is 70.3 Å². The second-order valence-corrected chi connectivity index (χ2v) is 9.99. The van der Waals surface area contributed by atoms with Crippen molar-refractivity contribution in [3.8, 4) is 5.75 Å². The largest absolute Gasteiger partial charge is 0.507 e. The first-order valence-electron chi connectivity index (χ1n) is 12.4. The fourth-order valence-corrected chi connectivity index (χ4v) is 4.61. The maximum absolute atomic E-state index is 13.3. The van der Waals surface area contributed by atoms with E-state index in [9.17, 15) is 14.7 Å². The quantitative estimate of drug-likeness (QED) is 0.302. The van der Waals surface area contributed by atoms with E-state index in [1.165, 1.54) is 0 Å². The topological polar surface area (TPSA) is 79.3 Å². The lowest BCUT2D eigenvalue weighted by Gasteiger charge is -2.31. The summed E-state index contributed by atoms with van der Waals surface area (Å²) in [4.78, 5) is 30.3. The molecular formula is C28H33ClN2O5. The van der Waals surface area contributed by atoms with Crippen LogP contribution in [0.2, 0.25) is 5.02 Å². The number of morpholine rings is 1. The molecule has 8 heteroatoms. The summed E-state index contributed by atoms with van der Waals surface area (Å²) in [6, 6.07) is 13.3. The number of ketones is 1. The second kappa shape index (κ2) is 11.9. The lowest BCUT2D eigenvalue weighted by molar-refractivity contribution is -0.140. The van der Waals surface area contributed by atoms with E-state index in [4.69, 9.17) is 21.1 Å². The van der Waals surface area contributed by atoms with Gasteiger partial charge >= 0.3 is 0 Å². The number of amides is 1. The van der Waals surface area contributed by atoms with E-state index in [2.05, 4.69) is 18.7 Å². The second-order valence-electron chi connectivity index (χ2n) is 9.56. The number of carbonyl (C=O) groups is 2. The van der Waals surface area contributed by atoms with Gasteiger partial charge in [0, 0.05) is 36.8 Å². The molecule has 2 fully saturated rings. The Morgan fingerprint density at radius 3 is 2.53 bits per heavy atom. The Kier molecular flexibility index (Phi) is 8.67. The standard InChI is InChI=1S/C28H33ClN2O5/c1-19(2)10-15-36-23-5-3-4-21(18-23)25-24(26(32)20-6-8-22(29)9-7-20)27(33)28(34)31(25)12-11-30-13-16-35-17-14-30/h3-9,18-19,25,32H,10-17H2,1-2H3/b26-24+. The van der Waals surface area contributed by atoms with Crippen LogP contribution in [0.15, 0.2) is 54.1 Å². The zero-order valence-corrected chi connectivity index (χ0v) is 21.5. The number of aliphatic hydroxyl groups excluding tert-OH is 1. The van der Waals surface area contributed by atoms with E-state index in [0.717, 1.165) is 19.5 Å². The summed E-state index contributed by atoms with van der Waals surface area (Å²) in [6.45, 7) is 8.66. The van der Waals surface area contributed by atoms with E-state index in [-0.39, 0.29) is 11.3 Å². The van der Waals surface area contributed by atoms with E-state index >= 15 is 0 Å². The average Bonchev–Trinajstić information content (AvgIpc) is 3.13. The summed E-state index contributed by atoms with van der Waals surface area (Å²) in [5, 5.41) is 11.7. The van der Waals surface area contributed by atoms with Gasteiger partial charge in [-0.1, -0.05) is 37.6 Å². The van der Waals surface area contributed by atoms with Gasteiger partial charge < -0.3 is 19.5 Å². The first-order chi connectivity index (χ1) is 17.3. The van der Waals surface area contributed by atoms with Crippen molar-refractivity contribution in [1.29, 1.82) is 0 Å². The van der Waals surface area contributed by atoms with Crippen LogP contribution in [-0.2, 0) is 14.3 Å². The van der Waals surface area contributed by atoms with Gasteiger partial charge in [0.05, 0.1) is 31.4 Å².